The number of para-hydroxylation sites is 1. The van der Waals surface area contributed by atoms with E-state index in [9.17, 15) is 4.79 Å². The second-order valence-electron chi connectivity index (χ2n) is 5.07. The maximum atomic E-state index is 12.0. The first-order valence-electron chi connectivity index (χ1n) is 6.96. The van der Waals surface area contributed by atoms with Gasteiger partial charge < -0.3 is 14.6 Å². The number of nitrogens with zero attached hydrogens (tertiary/aromatic N) is 2. The van der Waals surface area contributed by atoms with Crippen LogP contribution in [-0.2, 0) is 11.2 Å². The molecule has 1 amide bonds. The van der Waals surface area contributed by atoms with Gasteiger partial charge in [0.05, 0.1) is 17.8 Å². The Balaban J connectivity index is 1.94. The van der Waals surface area contributed by atoms with E-state index in [0.717, 1.165) is 0 Å². The molecule has 6 nitrogen and oxygen atoms in total. The van der Waals surface area contributed by atoms with Gasteiger partial charge in [0, 0.05) is 18.8 Å². The fourth-order valence-electron chi connectivity index (χ4n) is 1.85. The van der Waals surface area contributed by atoms with Crippen LogP contribution < -0.4 is 10.1 Å². The van der Waals surface area contributed by atoms with Gasteiger partial charge in [-0.05, 0) is 12.1 Å². The summed E-state index contributed by atoms with van der Waals surface area (Å²) in [5.41, 5.74) is 0.536. The highest BCUT2D eigenvalue weighted by atomic mass is 35.5. The number of ether oxygens (including phenoxy) is 1. The molecule has 0 bridgehead atoms. The third kappa shape index (κ3) is 3.98. The van der Waals surface area contributed by atoms with E-state index in [-0.39, 0.29) is 18.2 Å². The Bertz CT molecular complexity index is 655. The Kier molecular flexibility index (Phi) is 5.38. The molecule has 0 fully saturated rings. The van der Waals surface area contributed by atoms with Crippen molar-refractivity contribution < 1.29 is 14.1 Å². The number of hydrogen-bond acceptors (Lipinski definition) is 5. The third-order valence-electron chi connectivity index (χ3n) is 3.01. The molecule has 0 saturated heterocycles. The molecule has 0 saturated carbocycles. The number of methoxy groups -OCH3 is 1. The van der Waals surface area contributed by atoms with Crippen molar-refractivity contribution in [3.63, 3.8) is 0 Å². The van der Waals surface area contributed by atoms with Gasteiger partial charge in [0.1, 0.15) is 0 Å². The van der Waals surface area contributed by atoms with Gasteiger partial charge in [-0.25, -0.2) is 0 Å². The second kappa shape index (κ2) is 7.26. The van der Waals surface area contributed by atoms with E-state index in [0.29, 0.717) is 34.6 Å². The summed E-state index contributed by atoms with van der Waals surface area (Å²) in [6.45, 7) is 3.96. The maximum absolute atomic E-state index is 12.0. The molecule has 0 spiro atoms. The van der Waals surface area contributed by atoms with Crippen molar-refractivity contribution in [2.24, 2.45) is 0 Å². The average Bonchev–Trinajstić information content (AvgIpc) is 2.94. The van der Waals surface area contributed by atoms with Crippen molar-refractivity contribution >= 4 is 23.2 Å². The molecule has 1 aromatic heterocycles. The molecular weight excluding hydrogens is 306 g/mol. The van der Waals surface area contributed by atoms with E-state index < -0.39 is 0 Å². The van der Waals surface area contributed by atoms with Gasteiger partial charge in [0.2, 0.25) is 11.8 Å². The highest BCUT2D eigenvalue weighted by molar-refractivity contribution is 6.32. The summed E-state index contributed by atoms with van der Waals surface area (Å²) in [4.78, 5) is 16.2. The molecular formula is C15H18ClN3O3. The molecule has 1 N–H and O–H groups in total. The predicted molar refractivity (Wildman–Crippen MR) is 83.3 cm³/mol. The Morgan fingerprint density at radius 2 is 2.23 bits per heavy atom. The normalized spacial score (nSPS) is 10.8. The van der Waals surface area contributed by atoms with Crippen molar-refractivity contribution in [3.8, 4) is 5.75 Å². The first-order valence-corrected chi connectivity index (χ1v) is 7.34. The fraction of sp³-hybridized carbons (Fsp3) is 0.400. The minimum atomic E-state index is -0.176. The lowest BCUT2D eigenvalue weighted by Crippen LogP contribution is -2.13. The van der Waals surface area contributed by atoms with Gasteiger partial charge in [-0.2, -0.15) is 4.98 Å². The molecule has 0 aliphatic heterocycles. The standard InChI is InChI=1S/C15H18ClN3O3/c1-9(2)15-18-13(22-19-15)8-7-12(20)17-11-6-4-5-10(16)14(11)21-3/h4-6,9H,7-8H2,1-3H3,(H,17,20). The molecule has 1 aromatic carbocycles. The largest absolute Gasteiger partial charge is 0.493 e. The highest BCUT2D eigenvalue weighted by Gasteiger charge is 2.13. The number of benzene rings is 1. The minimum Gasteiger partial charge on any atom is -0.493 e. The first kappa shape index (κ1) is 16.3. The van der Waals surface area contributed by atoms with Gasteiger partial charge in [0.15, 0.2) is 11.6 Å². The van der Waals surface area contributed by atoms with Gasteiger partial charge in [-0.1, -0.05) is 36.7 Å². The number of nitrogens with one attached hydrogen (secondary N) is 1. The molecule has 2 rings (SSSR count). The molecule has 1 heterocycles. The lowest BCUT2D eigenvalue weighted by molar-refractivity contribution is -0.116. The Morgan fingerprint density at radius 1 is 1.45 bits per heavy atom. The van der Waals surface area contributed by atoms with E-state index in [4.69, 9.17) is 20.9 Å². The Morgan fingerprint density at radius 3 is 2.86 bits per heavy atom. The number of aromatic nitrogens is 2. The molecule has 2 aromatic rings. The van der Waals surface area contributed by atoms with Crippen molar-refractivity contribution in [2.45, 2.75) is 32.6 Å². The molecule has 0 unspecified atom stereocenters. The summed E-state index contributed by atoms with van der Waals surface area (Å²) < 4.78 is 10.3. The second-order valence-corrected chi connectivity index (χ2v) is 5.48. The lowest BCUT2D eigenvalue weighted by atomic mass is 10.2. The average molecular weight is 324 g/mol. The summed E-state index contributed by atoms with van der Waals surface area (Å²) in [5, 5.41) is 7.07. The summed E-state index contributed by atoms with van der Waals surface area (Å²) in [6.07, 6.45) is 0.615. The summed E-state index contributed by atoms with van der Waals surface area (Å²) in [7, 11) is 1.50. The summed E-state index contributed by atoms with van der Waals surface area (Å²) >= 11 is 6.01. The van der Waals surface area contributed by atoms with Crippen LogP contribution in [0.2, 0.25) is 5.02 Å². The van der Waals surface area contributed by atoms with Crippen molar-refractivity contribution in [1.29, 1.82) is 0 Å². The highest BCUT2D eigenvalue weighted by Crippen LogP contribution is 2.32. The van der Waals surface area contributed by atoms with Gasteiger partial charge in [-0.3, -0.25) is 4.79 Å². The number of carbonyl (C=O) groups is 1. The topological polar surface area (TPSA) is 77.2 Å². The van der Waals surface area contributed by atoms with Crippen molar-refractivity contribution in [2.75, 3.05) is 12.4 Å². The summed E-state index contributed by atoms with van der Waals surface area (Å²) in [5.74, 6) is 1.56. The molecule has 0 aliphatic carbocycles. The maximum Gasteiger partial charge on any atom is 0.227 e. The number of anilines is 1. The predicted octanol–water partition coefficient (Wildman–Crippen LogP) is 3.43. The van der Waals surface area contributed by atoms with Crippen LogP contribution in [0.5, 0.6) is 5.75 Å². The van der Waals surface area contributed by atoms with Crippen LogP contribution in [0.3, 0.4) is 0 Å². The van der Waals surface area contributed by atoms with Crippen LogP contribution in [0.1, 0.15) is 37.9 Å². The monoisotopic (exact) mass is 323 g/mol. The number of carbonyl (C=O) groups excluding carboxylic acids is 1. The molecule has 118 valence electrons. The molecule has 0 aliphatic rings. The fourth-order valence-corrected chi connectivity index (χ4v) is 2.10. The number of aryl methyl sites for hydroxylation is 1. The minimum absolute atomic E-state index is 0.176. The zero-order valence-corrected chi connectivity index (χ0v) is 13.5. The number of halogens is 1. The molecule has 0 atom stereocenters. The first-order chi connectivity index (χ1) is 10.5. The quantitative estimate of drug-likeness (QED) is 0.881. The number of rotatable bonds is 6. The van der Waals surface area contributed by atoms with Crippen LogP contribution in [0.15, 0.2) is 22.7 Å². The SMILES string of the molecule is COc1c(Cl)cccc1NC(=O)CCc1nc(C(C)C)no1. The molecule has 22 heavy (non-hydrogen) atoms. The van der Waals surface area contributed by atoms with E-state index in [1.165, 1.54) is 7.11 Å². The lowest BCUT2D eigenvalue weighted by Gasteiger charge is -2.10. The van der Waals surface area contributed by atoms with Gasteiger partial charge in [0.25, 0.3) is 0 Å². The molecule has 0 radical (unpaired) electrons. The van der Waals surface area contributed by atoms with Crippen LogP contribution in [0.4, 0.5) is 5.69 Å². The van der Waals surface area contributed by atoms with Gasteiger partial charge in [-0.15, -0.1) is 0 Å². The smallest absolute Gasteiger partial charge is 0.227 e. The molecule has 7 heteroatoms. The van der Waals surface area contributed by atoms with E-state index >= 15 is 0 Å². The van der Waals surface area contributed by atoms with E-state index in [1.807, 2.05) is 13.8 Å². The number of hydrogen-bond donors (Lipinski definition) is 1. The van der Waals surface area contributed by atoms with Crippen LogP contribution >= 0.6 is 11.6 Å². The Hall–Kier alpha value is -2.08. The summed E-state index contributed by atoms with van der Waals surface area (Å²) in [6, 6.07) is 5.17. The van der Waals surface area contributed by atoms with Crippen LogP contribution in [-0.4, -0.2) is 23.2 Å². The van der Waals surface area contributed by atoms with Crippen molar-refractivity contribution in [1.82, 2.24) is 10.1 Å². The van der Waals surface area contributed by atoms with E-state index in [1.54, 1.807) is 18.2 Å². The zero-order valence-electron chi connectivity index (χ0n) is 12.7. The number of amides is 1. The Labute approximate surface area is 133 Å². The zero-order chi connectivity index (χ0) is 16.1. The third-order valence-corrected chi connectivity index (χ3v) is 3.31. The van der Waals surface area contributed by atoms with Crippen LogP contribution in [0.25, 0.3) is 0 Å². The van der Waals surface area contributed by atoms with Crippen LogP contribution in [0, 0.1) is 0 Å². The van der Waals surface area contributed by atoms with E-state index in [2.05, 4.69) is 15.5 Å². The van der Waals surface area contributed by atoms with Crippen molar-refractivity contribution in [3.05, 3.63) is 34.9 Å². The van der Waals surface area contributed by atoms with Gasteiger partial charge >= 0.3 is 0 Å².